The number of carbonyl (C=O) groups is 1. The number of nitrogens with two attached hydrogens (primary N) is 1. The van der Waals surface area contributed by atoms with Crippen molar-refractivity contribution in [2.45, 2.75) is 17.2 Å². The van der Waals surface area contributed by atoms with Gasteiger partial charge in [0, 0.05) is 17.4 Å². The number of aromatic nitrogens is 1. The Kier molecular flexibility index (Phi) is 5.03. The number of nitrogens with zero attached hydrogens (tertiary/aromatic N) is 3. The molecule has 0 saturated carbocycles. The average Bonchev–Trinajstić information content (AvgIpc) is 3.49. The van der Waals surface area contributed by atoms with E-state index in [2.05, 4.69) is 15.3 Å². The lowest BCUT2D eigenvalue weighted by atomic mass is 9.86. The molecule has 7 nitrogen and oxygen atoms in total. The zero-order chi connectivity index (χ0) is 22.4. The van der Waals surface area contributed by atoms with E-state index in [0.717, 1.165) is 17.8 Å². The number of fused-ring (bicyclic) bond motifs is 1. The van der Waals surface area contributed by atoms with Gasteiger partial charge in [-0.2, -0.15) is 5.26 Å². The SMILES string of the molecule is Cc1cc(C#N)cnc1C(=O)Nc1ccc(F)c([C@@]2(CF)N=C(N)S[C@@]3(CO)C=C32)c1. The van der Waals surface area contributed by atoms with E-state index in [1.165, 1.54) is 24.4 Å². The van der Waals surface area contributed by atoms with Gasteiger partial charge < -0.3 is 16.2 Å². The number of anilines is 1. The number of rotatable bonds is 5. The summed E-state index contributed by atoms with van der Waals surface area (Å²) in [6.45, 7) is 0.265. The Bertz CT molecular complexity index is 1210. The second-order valence-electron chi connectivity index (χ2n) is 7.30. The Morgan fingerprint density at radius 2 is 2.19 bits per heavy atom. The number of hydrogen-bond donors (Lipinski definition) is 3. The first-order chi connectivity index (χ1) is 14.8. The van der Waals surface area contributed by atoms with Crippen LogP contribution >= 0.6 is 11.8 Å². The molecule has 0 radical (unpaired) electrons. The first-order valence-electron chi connectivity index (χ1n) is 9.21. The number of aliphatic imine (C=N–C) groups is 1. The van der Waals surface area contributed by atoms with Gasteiger partial charge >= 0.3 is 0 Å². The molecular formula is C21H17F2N5O2S. The van der Waals surface area contributed by atoms with Gasteiger partial charge in [0.15, 0.2) is 5.17 Å². The molecule has 0 spiro atoms. The van der Waals surface area contributed by atoms with Crippen molar-refractivity contribution in [1.82, 2.24) is 4.98 Å². The number of nitrogens with one attached hydrogen (secondary N) is 1. The number of thioether (sulfide) groups is 1. The Hall–Kier alpha value is -3.29. The number of aryl methyl sites for hydroxylation is 1. The van der Waals surface area contributed by atoms with Crippen molar-refractivity contribution in [2.24, 2.45) is 10.7 Å². The van der Waals surface area contributed by atoms with Crippen molar-refractivity contribution in [1.29, 1.82) is 5.26 Å². The lowest BCUT2D eigenvalue weighted by molar-refractivity contribution is 0.102. The molecule has 4 rings (SSSR count). The number of amides is 1. The Morgan fingerprint density at radius 1 is 1.42 bits per heavy atom. The Morgan fingerprint density at radius 3 is 2.84 bits per heavy atom. The lowest BCUT2D eigenvalue weighted by Crippen LogP contribution is -2.40. The predicted octanol–water partition coefficient (Wildman–Crippen LogP) is 2.55. The van der Waals surface area contributed by atoms with E-state index in [1.54, 1.807) is 13.0 Å². The van der Waals surface area contributed by atoms with Crippen LogP contribution in [0.15, 0.2) is 47.1 Å². The summed E-state index contributed by atoms with van der Waals surface area (Å²) >= 11 is 1.09. The van der Waals surface area contributed by atoms with E-state index in [-0.39, 0.29) is 28.7 Å². The van der Waals surface area contributed by atoms with Crippen LogP contribution < -0.4 is 11.1 Å². The van der Waals surface area contributed by atoms with Crippen molar-refractivity contribution in [3.05, 3.63) is 70.3 Å². The fourth-order valence-corrected chi connectivity index (χ4v) is 4.83. The van der Waals surface area contributed by atoms with Crippen LogP contribution in [0.4, 0.5) is 14.5 Å². The third-order valence-corrected chi connectivity index (χ3v) is 6.44. The summed E-state index contributed by atoms with van der Waals surface area (Å²) in [6, 6.07) is 7.23. The largest absolute Gasteiger partial charge is 0.394 e. The van der Waals surface area contributed by atoms with Crippen molar-refractivity contribution in [2.75, 3.05) is 18.6 Å². The smallest absolute Gasteiger partial charge is 0.274 e. The topological polar surface area (TPSA) is 124 Å². The molecular weight excluding hydrogens is 424 g/mol. The lowest BCUT2D eigenvalue weighted by Gasteiger charge is -2.34. The maximum Gasteiger partial charge on any atom is 0.274 e. The average molecular weight is 441 g/mol. The number of alkyl halides is 1. The monoisotopic (exact) mass is 441 g/mol. The minimum atomic E-state index is -1.70. The van der Waals surface area contributed by atoms with E-state index in [4.69, 9.17) is 11.0 Å². The zero-order valence-corrected chi connectivity index (χ0v) is 17.1. The summed E-state index contributed by atoms with van der Waals surface area (Å²) in [5.74, 6) is -1.28. The molecule has 158 valence electrons. The predicted molar refractivity (Wildman–Crippen MR) is 113 cm³/mol. The molecule has 1 aliphatic heterocycles. The van der Waals surface area contributed by atoms with E-state index in [9.17, 15) is 18.7 Å². The fraction of sp³-hybridized carbons (Fsp3) is 0.238. The quantitative estimate of drug-likeness (QED) is 0.613. The molecule has 1 aromatic carbocycles. The van der Waals surface area contributed by atoms with Crippen LogP contribution in [-0.4, -0.2) is 39.2 Å². The molecule has 31 heavy (non-hydrogen) atoms. The number of nitriles is 1. The number of carbonyl (C=O) groups excluding carboxylic acids is 1. The molecule has 0 unspecified atom stereocenters. The van der Waals surface area contributed by atoms with Gasteiger partial charge in [0.25, 0.3) is 5.91 Å². The standard InChI is InChI=1S/C21H17F2N5O2S/c1-11-4-12(7-24)8-26-17(11)18(30)27-13-2-3-15(23)14(5-13)21(9-22)16-6-20(16,10-29)31-19(25)28-21/h2-6,8,29H,9-10H2,1H3,(H2,25,28)(H,27,30)/t20-,21-/m1/s1. The highest BCUT2D eigenvalue weighted by atomic mass is 32.2. The summed E-state index contributed by atoms with van der Waals surface area (Å²) < 4.78 is 28.3. The highest BCUT2D eigenvalue weighted by Gasteiger charge is 2.60. The van der Waals surface area contributed by atoms with Gasteiger partial charge in [0.2, 0.25) is 0 Å². The number of amidine groups is 1. The summed E-state index contributed by atoms with van der Waals surface area (Å²) in [5, 5.41) is 21.3. The van der Waals surface area contributed by atoms with Crippen LogP contribution in [0, 0.1) is 24.1 Å². The molecule has 2 aromatic rings. The second kappa shape index (κ2) is 7.44. The molecule has 0 fully saturated rings. The molecule has 0 bridgehead atoms. The van der Waals surface area contributed by atoms with Gasteiger partial charge in [0.05, 0.1) is 16.9 Å². The number of benzene rings is 1. The van der Waals surface area contributed by atoms with Crippen LogP contribution in [0.1, 0.15) is 27.2 Å². The number of aliphatic hydroxyl groups is 1. The van der Waals surface area contributed by atoms with Crippen molar-refractivity contribution < 1.29 is 18.7 Å². The summed E-state index contributed by atoms with van der Waals surface area (Å²) in [7, 11) is 0. The first kappa shape index (κ1) is 21.0. The van der Waals surface area contributed by atoms with E-state index in [1.807, 2.05) is 6.07 Å². The molecule has 1 amide bonds. The van der Waals surface area contributed by atoms with Crippen LogP contribution in [0.2, 0.25) is 0 Å². The van der Waals surface area contributed by atoms with Gasteiger partial charge in [-0.15, -0.1) is 0 Å². The molecule has 1 aliphatic carbocycles. The van der Waals surface area contributed by atoms with Crippen LogP contribution in [0.3, 0.4) is 0 Å². The number of pyridine rings is 1. The minimum absolute atomic E-state index is 0.0374. The van der Waals surface area contributed by atoms with Crippen molar-refractivity contribution in [3.63, 3.8) is 0 Å². The summed E-state index contributed by atoms with van der Waals surface area (Å²) in [4.78, 5) is 20.9. The normalized spacial score (nSPS) is 23.8. The first-order valence-corrected chi connectivity index (χ1v) is 10.0. The summed E-state index contributed by atoms with van der Waals surface area (Å²) in [6.07, 6.45) is 2.91. The highest BCUT2D eigenvalue weighted by molar-refractivity contribution is 8.15. The maximum atomic E-state index is 14.8. The summed E-state index contributed by atoms with van der Waals surface area (Å²) in [5.41, 5.74) is 5.64. The van der Waals surface area contributed by atoms with Crippen molar-refractivity contribution >= 4 is 28.5 Å². The molecule has 2 atom stereocenters. The third-order valence-electron chi connectivity index (χ3n) is 5.30. The Balaban J connectivity index is 1.70. The minimum Gasteiger partial charge on any atom is -0.394 e. The molecule has 4 N–H and O–H groups in total. The van der Waals surface area contributed by atoms with Crippen LogP contribution in [0.5, 0.6) is 0 Å². The molecule has 1 aromatic heterocycles. The zero-order valence-electron chi connectivity index (χ0n) is 16.3. The molecule has 2 heterocycles. The fourth-order valence-electron chi connectivity index (χ4n) is 3.73. The highest BCUT2D eigenvalue weighted by Crippen LogP contribution is 2.60. The molecule has 2 aliphatic rings. The van der Waals surface area contributed by atoms with Gasteiger partial charge in [-0.3, -0.25) is 4.79 Å². The van der Waals surface area contributed by atoms with E-state index in [0.29, 0.717) is 16.7 Å². The third kappa shape index (κ3) is 3.36. The molecule has 0 saturated heterocycles. The van der Waals surface area contributed by atoms with Crippen molar-refractivity contribution in [3.8, 4) is 6.07 Å². The van der Waals surface area contributed by atoms with Gasteiger partial charge in [-0.25, -0.2) is 18.8 Å². The van der Waals surface area contributed by atoms with Crippen LogP contribution in [-0.2, 0) is 5.54 Å². The Labute approximate surface area is 180 Å². The number of hydrogen-bond acceptors (Lipinski definition) is 7. The van der Waals surface area contributed by atoms with E-state index >= 15 is 0 Å². The molecule has 10 heteroatoms. The van der Waals surface area contributed by atoms with Gasteiger partial charge in [0.1, 0.15) is 29.8 Å². The second-order valence-corrected chi connectivity index (χ2v) is 8.65. The van der Waals surface area contributed by atoms with Gasteiger partial charge in [-0.05, 0) is 42.3 Å². The van der Waals surface area contributed by atoms with E-state index < -0.39 is 28.7 Å². The van der Waals surface area contributed by atoms with Crippen LogP contribution in [0.25, 0.3) is 0 Å². The van der Waals surface area contributed by atoms with Gasteiger partial charge in [-0.1, -0.05) is 17.8 Å². The number of aliphatic hydroxyl groups excluding tert-OH is 1. The maximum absolute atomic E-state index is 14.8. The number of halogens is 2.